The summed E-state index contributed by atoms with van der Waals surface area (Å²) in [5.74, 6) is 0.337. The largest absolute Gasteiger partial charge is 0.382 e. The maximum Gasteiger partial charge on any atom is 0.253 e. The molecule has 1 aromatic heterocycles. The van der Waals surface area contributed by atoms with Gasteiger partial charge in [-0.25, -0.2) is 4.68 Å². The lowest BCUT2D eigenvalue weighted by Gasteiger charge is -2.24. The molecule has 0 spiro atoms. The highest BCUT2D eigenvalue weighted by atomic mass is 16.2. The van der Waals surface area contributed by atoms with Gasteiger partial charge in [0, 0.05) is 18.7 Å². The van der Waals surface area contributed by atoms with Gasteiger partial charge in [-0.05, 0) is 37.1 Å². The van der Waals surface area contributed by atoms with Gasteiger partial charge in [0.15, 0.2) is 0 Å². The first-order valence-electron chi connectivity index (χ1n) is 7.73. The molecule has 0 atom stereocenters. The van der Waals surface area contributed by atoms with Crippen molar-refractivity contribution in [1.82, 2.24) is 14.7 Å². The minimum Gasteiger partial charge on any atom is -0.382 e. The maximum atomic E-state index is 12.5. The number of nitrogens with two attached hydrogens (primary N) is 1. The lowest BCUT2D eigenvalue weighted by atomic mass is 10.1. The predicted octanol–water partition coefficient (Wildman–Crippen LogP) is 2.34. The highest BCUT2D eigenvalue weighted by molar-refractivity contribution is 5.94. The van der Waals surface area contributed by atoms with Crippen molar-refractivity contribution in [3.63, 3.8) is 0 Å². The number of aromatic nitrogens is 2. The molecule has 1 saturated carbocycles. The van der Waals surface area contributed by atoms with Crippen LogP contribution >= 0.6 is 0 Å². The van der Waals surface area contributed by atoms with E-state index < -0.39 is 0 Å². The highest BCUT2D eigenvalue weighted by Gasteiger charge is 2.24. The number of nitrogens with zero attached hydrogens (tertiary/aromatic N) is 4. The Balaban J connectivity index is 1.80. The standard InChI is InChI=1S/C17H19N5O/c1-21(14-4-2-3-5-14)17(23)12-6-8-15(9-7-12)22-16(19)13(10-18)11-20-22/h6-9,11,14H,2-5,19H2,1H3. The van der Waals surface area contributed by atoms with Crippen LogP contribution in [-0.4, -0.2) is 33.7 Å². The Morgan fingerprint density at radius 1 is 1.35 bits per heavy atom. The molecule has 0 aliphatic heterocycles. The summed E-state index contributed by atoms with van der Waals surface area (Å²) in [7, 11) is 1.87. The first-order valence-corrected chi connectivity index (χ1v) is 7.73. The summed E-state index contributed by atoms with van der Waals surface area (Å²) < 4.78 is 1.49. The fourth-order valence-corrected chi connectivity index (χ4v) is 3.06. The smallest absolute Gasteiger partial charge is 0.253 e. The van der Waals surface area contributed by atoms with E-state index in [9.17, 15) is 4.79 Å². The van der Waals surface area contributed by atoms with Crippen LogP contribution in [0.15, 0.2) is 30.5 Å². The Morgan fingerprint density at radius 3 is 2.57 bits per heavy atom. The molecule has 3 rings (SSSR count). The average Bonchev–Trinajstić information content (AvgIpc) is 3.23. The molecule has 1 amide bonds. The molecular weight excluding hydrogens is 290 g/mol. The molecule has 0 bridgehead atoms. The van der Waals surface area contributed by atoms with Crippen molar-refractivity contribution >= 4 is 11.7 Å². The molecule has 1 aromatic carbocycles. The summed E-state index contributed by atoms with van der Waals surface area (Å²) in [6.45, 7) is 0. The number of nitrogen functional groups attached to an aromatic ring is 1. The van der Waals surface area contributed by atoms with Gasteiger partial charge in [-0.1, -0.05) is 12.8 Å². The van der Waals surface area contributed by atoms with Crippen molar-refractivity contribution in [2.24, 2.45) is 0 Å². The van der Waals surface area contributed by atoms with Gasteiger partial charge >= 0.3 is 0 Å². The number of rotatable bonds is 3. The molecule has 0 unspecified atom stereocenters. The average molecular weight is 309 g/mol. The van der Waals surface area contributed by atoms with E-state index in [1.165, 1.54) is 23.7 Å². The Labute approximate surface area is 135 Å². The highest BCUT2D eigenvalue weighted by Crippen LogP contribution is 2.24. The number of hydrogen-bond acceptors (Lipinski definition) is 4. The van der Waals surface area contributed by atoms with Crippen LogP contribution in [0.3, 0.4) is 0 Å². The van der Waals surface area contributed by atoms with E-state index in [1.54, 1.807) is 24.3 Å². The molecule has 0 radical (unpaired) electrons. The van der Waals surface area contributed by atoms with Gasteiger partial charge in [-0.3, -0.25) is 4.79 Å². The molecule has 1 fully saturated rings. The van der Waals surface area contributed by atoms with Crippen LogP contribution in [0, 0.1) is 11.3 Å². The predicted molar refractivity (Wildman–Crippen MR) is 87.0 cm³/mol. The third-order valence-electron chi connectivity index (χ3n) is 4.48. The fraction of sp³-hybridized carbons (Fsp3) is 0.353. The van der Waals surface area contributed by atoms with Crippen molar-refractivity contribution in [2.45, 2.75) is 31.7 Å². The van der Waals surface area contributed by atoms with Crippen LogP contribution in [-0.2, 0) is 0 Å². The molecule has 1 aliphatic carbocycles. The van der Waals surface area contributed by atoms with Crippen molar-refractivity contribution < 1.29 is 4.79 Å². The quantitative estimate of drug-likeness (QED) is 0.942. The normalized spacial score (nSPS) is 14.6. The van der Waals surface area contributed by atoms with Crippen LogP contribution in [0.5, 0.6) is 0 Å². The summed E-state index contributed by atoms with van der Waals surface area (Å²) in [4.78, 5) is 14.4. The second-order valence-corrected chi connectivity index (χ2v) is 5.87. The third kappa shape index (κ3) is 2.78. The number of carbonyl (C=O) groups is 1. The zero-order valence-electron chi connectivity index (χ0n) is 13.1. The zero-order chi connectivity index (χ0) is 16.4. The summed E-state index contributed by atoms with van der Waals surface area (Å²) in [6, 6.07) is 9.47. The lowest BCUT2D eigenvalue weighted by Crippen LogP contribution is -2.35. The molecule has 23 heavy (non-hydrogen) atoms. The minimum absolute atomic E-state index is 0.0367. The van der Waals surface area contributed by atoms with Crippen LogP contribution in [0.25, 0.3) is 5.69 Å². The van der Waals surface area contributed by atoms with E-state index in [-0.39, 0.29) is 5.91 Å². The molecule has 6 nitrogen and oxygen atoms in total. The number of amides is 1. The zero-order valence-corrected chi connectivity index (χ0v) is 13.1. The van der Waals surface area contributed by atoms with Gasteiger partial charge in [0.2, 0.25) is 0 Å². The molecule has 2 N–H and O–H groups in total. The topological polar surface area (TPSA) is 87.9 Å². The van der Waals surface area contributed by atoms with Gasteiger partial charge in [0.25, 0.3) is 5.91 Å². The van der Waals surface area contributed by atoms with Crippen LogP contribution < -0.4 is 5.73 Å². The van der Waals surface area contributed by atoms with Crippen LogP contribution in [0.2, 0.25) is 0 Å². The van der Waals surface area contributed by atoms with Gasteiger partial charge < -0.3 is 10.6 Å². The molecule has 6 heteroatoms. The summed E-state index contributed by atoms with van der Waals surface area (Å²) in [5.41, 5.74) is 7.59. The van der Waals surface area contributed by atoms with Gasteiger partial charge in [-0.2, -0.15) is 10.4 Å². The summed E-state index contributed by atoms with van der Waals surface area (Å²) in [6.07, 6.45) is 5.99. The molecule has 0 saturated heterocycles. The Hall–Kier alpha value is -2.81. The van der Waals surface area contributed by atoms with E-state index >= 15 is 0 Å². The van der Waals surface area contributed by atoms with Crippen molar-refractivity contribution in [2.75, 3.05) is 12.8 Å². The van der Waals surface area contributed by atoms with E-state index in [4.69, 9.17) is 11.0 Å². The molecule has 1 aliphatic rings. The Bertz CT molecular complexity index is 750. The van der Waals surface area contributed by atoms with E-state index in [1.807, 2.05) is 18.0 Å². The van der Waals surface area contributed by atoms with E-state index in [2.05, 4.69) is 5.10 Å². The molecule has 1 heterocycles. The van der Waals surface area contributed by atoms with Gasteiger partial charge in [0.05, 0.1) is 11.9 Å². The fourth-order valence-electron chi connectivity index (χ4n) is 3.06. The number of carbonyl (C=O) groups excluding carboxylic acids is 1. The van der Waals surface area contributed by atoms with Crippen molar-refractivity contribution in [3.05, 3.63) is 41.6 Å². The second-order valence-electron chi connectivity index (χ2n) is 5.87. The van der Waals surface area contributed by atoms with Crippen LogP contribution in [0.4, 0.5) is 5.82 Å². The summed E-state index contributed by atoms with van der Waals surface area (Å²) in [5, 5.41) is 13.0. The summed E-state index contributed by atoms with van der Waals surface area (Å²) >= 11 is 0. The van der Waals surface area contributed by atoms with E-state index in [0.29, 0.717) is 23.0 Å². The molecule has 2 aromatic rings. The van der Waals surface area contributed by atoms with E-state index in [0.717, 1.165) is 18.5 Å². The number of hydrogen-bond donors (Lipinski definition) is 1. The van der Waals surface area contributed by atoms with Crippen molar-refractivity contribution in [3.8, 4) is 11.8 Å². The number of benzene rings is 1. The van der Waals surface area contributed by atoms with Gasteiger partial charge in [0.1, 0.15) is 17.5 Å². The molecule has 118 valence electrons. The third-order valence-corrected chi connectivity index (χ3v) is 4.48. The lowest BCUT2D eigenvalue weighted by molar-refractivity contribution is 0.0735. The van der Waals surface area contributed by atoms with Gasteiger partial charge in [-0.15, -0.1) is 0 Å². The van der Waals surface area contributed by atoms with Crippen LogP contribution in [0.1, 0.15) is 41.6 Å². The SMILES string of the molecule is CN(C(=O)c1ccc(-n2ncc(C#N)c2N)cc1)C1CCCC1. The first kappa shape index (κ1) is 15.1. The maximum absolute atomic E-state index is 12.5. The second kappa shape index (κ2) is 6.13. The first-order chi connectivity index (χ1) is 11.1. The number of anilines is 1. The van der Waals surface area contributed by atoms with Crippen molar-refractivity contribution in [1.29, 1.82) is 5.26 Å². The minimum atomic E-state index is 0.0367. The molecular formula is C17H19N5O. The number of nitriles is 1. The monoisotopic (exact) mass is 309 g/mol. The Morgan fingerprint density at radius 2 is 2.00 bits per heavy atom. The Kier molecular flexibility index (Phi) is 4.02.